The molecule has 7 heteroatoms. The van der Waals surface area contributed by atoms with Crippen LogP contribution < -0.4 is 10.0 Å². The van der Waals surface area contributed by atoms with Gasteiger partial charge in [0.25, 0.3) is 0 Å². The summed E-state index contributed by atoms with van der Waals surface area (Å²) >= 11 is 3.36. The van der Waals surface area contributed by atoms with Crippen molar-refractivity contribution >= 4 is 37.7 Å². The van der Waals surface area contributed by atoms with E-state index in [0.717, 1.165) is 15.7 Å². The zero-order valence-electron chi connectivity index (χ0n) is 12.0. The number of benzene rings is 2. The van der Waals surface area contributed by atoms with Crippen LogP contribution in [0, 0.1) is 0 Å². The first-order chi connectivity index (χ1) is 11.0. The molecule has 2 aromatic carbocycles. The molecule has 0 saturated carbocycles. The highest BCUT2D eigenvalue weighted by atomic mass is 79.9. The summed E-state index contributed by atoms with van der Waals surface area (Å²) in [7, 11) is -3.73. The molecule has 0 saturated heterocycles. The maximum absolute atomic E-state index is 11.9. The minimum absolute atomic E-state index is 0.289. The smallest absolute Gasteiger partial charge is 0.339 e. The Labute approximate surface area is 143 Å². The summed E-state index contributed by atoms with van der Waals surface area (Å²) in [6, 6.07) is 17.1. The van der Waals surface area contributed by atoms with Crippen molar-refractivity contribution in [2.24, 2.45) is 4.40 Å². The van der Waals surface area contributed by atoms with Crippen molar-refractivity contribution in [2.75, 3.05) is 5.32 Å². The van der Waals surface area contributed by atoms with E-state index in [9.17, 15) is 8.42 Å². The van der Waals surface area contributed by atoms with Crippen LogP contribution in [0.15, 0.2) is 75.2 Å². The fourth-order valence-corrected chi connectivity index (χ4v) is 3.31. The fraction of sp³-hybridized carbons (Fsp3) is 0.0625. The van der Waals surface area contributed by atoms with Gasteiger partial charge >= 0.3 is 10.2 Å². The molecule has 23 heavy (non-hydrogen) atoms. The van der Waals surface area contributed by atoms with Crippen LogP contribution >= 0.6 is 15.9 Å². The molecule has 0 bridgehead atoms. The van der Waals surface area contributed by atoms with Crippen molar-refractivity contribution in [1.82, 2.24) is 4.72 Å². The largest absolute Gasteiger partial charge is 0.343 e. The molecule has 2 N–H and O–H groups in total. The maximum atomic E-state index is 11.9. The van der Waals surface area contributed by atoms with Crippen LogP contribution in [0.2, 0.25) is 0 Å². The van der Waals surface area contributed by atoms with Crippen LogP contribution in [-0.4, -0.2) is 14.3 Å². The summed E-state index contributed by atoms with van der Waals surface area (Å²) in [5, 5.41) is 3.01. The average Bonchev–Trinajstić information content (AvgIpc) is 2.49. The Bertz CT molecular complexity index is 860. The number of nitrogens with one attached hydrogen (secondary N) is 2. The monoisotopic (exact) mass is 391 g/mol. The third kappa shape index (κ3) is 4.43. The lowest BCUT2D eigenvalue weighted by Gasteiger charge is -2.16. The van der Waals surface area contributed by atoms with E-state index in [1.54, 1.807) is 6.08 Å². The molecule has 2 aromatic rings. The van der Waals surface area contributed by atoms with E-state index in [1.165, 1.54) is 0 Å². The molecular weight excluding hydrogens is 378 g/mol. The van der Waals surface area contributed by atoms with Crippen LogP contribution in [0.3, 0.4) is 0 Å². The normalized spacial score (nSPS) is 16.0. The van der Waals surface area contributed by atoms with E-state index in [2.05, 4.69) is 30.4 Å². The van der Waals surface area contributed by atoms with E-state index in [1.807, 2.05) is 54.6 Å². The average molecular weight is 392 g/mol. The predicted molar refractivity (Wildman–Crippen MR) is 95.5 cm³/mol. The Balaban J connectivity index is 1.83. The molecule has 0 aromatic heterocycles. The standard InChI is InChI=1S/C16H14BrN3O2S/c17-13-6-8-14(9-7-13)18-16-11-15(19-23(21,22)20-16)10-12-4-2-1-3-5-12/h1-9,11,19H,10H2,(H,18,20). The molecular formula is C16H14BrN3O2S. The first kappa shape index (κ1) is 15.8. The van der Waals surface area contributed by atoms with Crippen LogP contribution in [0.4, 0.5) is 5.69 Å². The molecule has 1 aliphatic rings. The molecule has 0 spiro atoms. The second-order valence-electron chi connectivity index (χ2n) is 5.02. The van der Waals surface area contributed by atoms with Crippen LogP contribution in [0.1, 0.15) is 5.56 Å². The maximum Gasteiger partial charge on any atom is 0.343 e. The van der Waals surface area contributed by atoms with E-state index in [4.69, 9.17) is 0 Å². The Morgan fingerprint density at radius 2 is 1.74 bits per heavy atom. The van der Waals surface area contributed by atoms with Gasteiger partial charge in [0.15, 0.2) is 0 Å². The predicted octanol–water partition coefficient (Wildman–Crippen LogP) is 3.23. The number of allylic oxidation sites excluding steroid dienone is 1. The van der Waals surface area contributed by atoms with Crippen LogP contribution in [0.5, 0.6) is 0 Å². The van der Waals surface area contributed by atoms with Gasteiger partial charge in [0, 0.05) is 28.4 Å². The van der Waals surface area contributed by atoms with E-state index in [-0.39, 0.29) is 5.84 Å². The second kappa shape index (κ2) is 6.55. The molecule has 0 unspecified atom stereocenters. The third-order valence-corrected chi connectivity index (χ3v) is 4.63. The molecule has 5 nitrogen and oxygen atoms in total. The molecule has 1 aliphatic heterocycles. The van der Waals surface area contributed by atoms with Crippen molar-refractivity contribution in [3.8, 4) is 0 Å². The molecule has 1 heterocycles. The number of nitrogens with zero attached hydrogens (tertiary/aromatic N) is 1. The lowest BCUT2D eigenvalue weighted by Crippen LogP contribution is -2.30. The summed E-state index contributed by atoms with van der Waals surface area (Å²) < 4.78 is 31.0. The van der Waals surface area contributed by atoms with E-state index < -0.39 is 10.2 Å². The minimum atomic E-state index is -3.73. The second-order valence-corrected chi connectivity index (χ2v) is 7.27. The Morgan fingerprint density at radius 1 is 1.04 bits per heavy atom. The minimum Gasteiger partial charge on any atom is -0.339 e. The van der Waals surface area contributed by atoms with Gasteiger partial charge in [0.2, 0.25) is 0 Å². The highest BCUT2D eigenvalue weighted by Crippen LogP contribution is 2.16. The van der Waals surface area contributed by atoms with Crippen molar-refractivity contribution in [2.45, 2.75) is 6.42 Å². The topological polar surface area (TPSA) is 70.6 Å². The van der Waals surface area contributed by atoms with Gasteiger partial charge in [0.05, 0.1) is 0 Å². The zero-order valence-corrected chi connectivity index (χ0v) is 14.4. The third-order valence-electron chi connectivity index (χ3n) is 3.14. The van der Waals surface area contributed by atoms with Gasteiger partial charge in [-0.25, -0.2) is 0 Å². The fourth-order valence-electron chi connectivity index (χ4n) is 2.18. The lowest BCUT2D eigenvalue weighted by atomic mass is 10.1. The summed E-state index contributed by atoms with van der Waals surface area (Å²) in [4.78, 5) is 0. The van der Waals surface area contributed by atoms with E-state index >= 15 is 0 Å². The Hall–Kier alpha value is -2.12. The van der Waals surface area contributed by atoms with Crippen molar-refractivity contribution in [1.29, 1.82) is 0 Å². The molecule has 0 amide bonds. The summed E-state index contributed by atoms with van der Waals surface area (Å²) in [5.74, 6) is 0.289. The highest BCUT2D eigenvalue weighted by molar-refractivity contribution is 9.10. The first-order valence-electron chi connectivity index (χ1n) is 6.90. The number of anilines is 1. The lowest BCUT2D eigenvalue weighted by molar-refractivity contribution is 0.589. The Kier molecular flexibility index (Phi) is 4.49. The van der Waals surface area contributed by atoms with Crippen molar-refractivity contribution in [3.63, 3.8) is 0 Å². The highest BCUT2D eigenvalue weighted by Gasteiger charge is 2.18. The number of hydrogen-bond donors (Lipinski definition) is 2. The molecule has 0 atom stereocenters. The van der Waals surface area contributed by atoms with Gasteiger partial charge in [-0.15, -0.1) is 4.40 Å². The summed E-state index contributed by atoms with van der Waals surface area (Å²) in [5.41, 5.74) is 2.36. The Morgan fingerprint density at radius 3 is 2.43 bits per heavy atom. The summed E-state index contributed by atoms with van der Waals surface area (Å²) in [6.07, 6.45) is 2.19. The van der Waals surface area contributed by atoms with E-state index in [0.29, 0.717) is 12.1 Å². The van der Waals surface area contributed by atoms with Crippen molar-refractivity contribution < 1.29 is 8.42 Å². The molecule has 3 rings (SSSR count). The zero-order chi connectivity index (χ0) is 16.3. The number of hydrogen-bond acceptors (Lipinski definition) is 3. The van der Waals surface area contributed by atoms with Crippen LogP contribution in [0.25, 0.3) is 0 Å². The van der Waals surface area contributed by atoms with Gasteiger partial charge in [-0.2, -0.15) is 8.42 Å². The van der Waals surface area contributed by atoms with Crippen LogP contribution in [-0.2, 0) is 16.6 Å². The number of rotatable bonds is 3. The molecule has 0 aliphatic carbocycles. The first-order valence-corrected chi connectivity index (χ1v) is 9.13. The number of amidine groups is 1. The van der Waals surface area contributed by atoms with Gasteiger partial charge in [-0.3, -0.25) is 4.72 Å². The van der Waals surface area contributed by atoms with Gasteiger partial charge < -0.3 is 5.32 Å². The van der Waals surface area contributed by atoms with Gasteiger partial charge in [0.1, 0.15) is 5.84 Å². The SMILES string of the molecule is O=S1(=O)N=C(Nc2ccc(Br)cc2)C=C(Cc2ccccc2)N1. The molecule has 0 fully saturated rings. The molecule has 118 valence electrons. The quantitative estimate of drug-likeness (QED) is 0.843. The summed E-state index contributed by atoms with van der Waals surface area (Å²) in [6.45, 7) is 0. The number of halogens is 1. The van der Waals surface area contributed by atoms with Gasteiger partial charge in [-0.05, 0) is 29.8 Å². The molecule has 0 radical (unpaired) electrons. The van der Waals surface area contributed by atoms with Crippen molar-refractivity contribution in [3.05, 3.63) is 76.4 Å². The van der Waals surface area contributed by atoms with Gasteiger partial charge in [-0.1, -0.05) is 46.3 Å².